The number of hydrogen-bond donors (Lipinski definition) is 2. The number of nitrogens with zero attached hydrogens (tertiary/aromatic N) is 2. The second-order valence-electron chi connectivity index (χ2n) is 5.74. The molecule has 0 saturated heterocycles. The number of amides is 2. The lowest BCUT2D eigenvalue weighted by atomic mass is 9.87. The minimum Gasteiger partial charge on any atom is -0.335 e. The number of urea groups is 1. The van der Waals surface area contributed by atoms with Crippen molar-refractivity contribution in [1.82, 2.24) is 20.4 Å². The van der Waals surface area contributed by atoms with Crippen LogP contribution in [0.15, 0.2) is 12.4 Å². The Kier molecular flexibility index (Phi) is 4.45. The summed E-state index contributed by atoms with van der Waals surface area (Å²) in [4.78, 5) is 11.9. The molecule has 0 aromatic carbocycles. The van der Waals surface area contributed by atoms with Gasteiger partial charge in [0.25, 0.3) is 0 Å². The van der Waals surface area contributed by atoms with Gasteiger partial charge in [0.2, 0.25) is 0 Å². The third-order valence-corrected chi connectivity index (χ3v) is 3.92. The first-order chi connectivity index (χ1) is 9.04. The number of aromatic nitrogens is 2. The van der Waals surface area contributed by atoms with E-state index in [1.54, 1.807) is 10.9 Å². The lowest BCUT2D eigenvalue weighted by molar-refractivity contribution is 0.225. The smallest absolute Gasteiger partial charge is 0.315 e. The molecule has 1 fully saturated rings. The lowest BCUT2D eigenvalue weighted by Crippen LogP contribution is -2.44. The third kappa shape index (κ3) is 3.98. The number of carbonyl (C=O) groups excluding carboxylic acids is 1. The molecule has 1 aromatic rings. The summed E-state index contributed by atoms with van der Waals surface area (Å²) in [5.74, 6) is 0.801. The fourth-order valence-electron chi connectivity index (χ4n) is 2.58. The molecule has 1 aliphatic rings. The number of nitrogens with one attached hydrogen (secondary N) is 2. The maximum Gasteiger partial charge on any atom is 0.315 e. The number of aryl methyl sites for hydroxylation is 1. The molecule has 2 N–H and O–H groups in total. The molecular weight excluding hydrogens is 240 g/mol. The van der Waals surface area contributed by atoms with E-state index in [9.17, 15) is 4.79 Å². The fraction of sp³-hybridized carbons (Fsp3) is 0.714. The zero-order chi connectivity index (χ0) is 13.8. The maximum absolute atomic E-state index is 11.9. The highest BCUT2D eigenvalue weighted by Gasteiger charge is 2.20. The van der Waals surface area contributed by atoms with Crippen LogP contribution in [0.3, 0.4) is 0 Å². The van der Waals surface area contributed by atoms with Crippen molar-refractivity contribution in [1.29, 1.82) is 0 Å². The molecule has 1 saturated carbocycles. The first kappa shape index (κ1) is 13.9. The van der Waals surface area contributed by atoms with Gasteiger partial charge in [-0.1, -0.05) is 6.92 Å². The average Bonchev–Trinajstić information content (AvgIpc) is 2.79. The van der Waals surface area contributed by atoms with Crippen LogP contribution in [0, 0.1) is 5.92 Å². The monoisotopic (exact) mass is 264 g/mol. The Morgan fingerprint density at radius 1 is 1.42 bits per heavy atom. The SMILES string of the molecule is CC1CCC(NC(=O)NC(C)c2cnn(C)c2)CC1. The van der Waals surface area contributed by atoms with Crippen molar-refractivity contribution in [3.8, 4) is 0 Å². The van der Waals surface area contributed by atoms with E-state index in [1.807, 2.05) is 20.2 Å². The molecule has 106 valence electrons. The van der Waals surface area contributed by atoms with E-state index in [0.717, 1.165) is 24.3 Å². The molecule has 1 atom stereocenters. The van der Waals surface area contributed by atoms with Crippen molar-refractivity contribution in [2.75, 3.05) is 0 Å². The van der Waals surface area contributed by atoms with Crippen molar-refractivity contribution in [2.24, 2.45) is 13.0 Å². The summed E-state index contributed by atoms with van der Waals surface area (Å²) in [7, 11) is 1.87. The van der Waals surface area contributed by atoms with E-state index < -0.39 is 0 Å². The third-order valence-electron chi connectivity index (χ3n) is 3.92. The Morgan fingerprint density at radius 2 is 2.11 bits per heavy atom. The number of hydrogen-bond acceptors (Lipinski definition) is 2. The van der Waals surface area contributed by atoms with Gasteiger partial charge in [-0.05, 0) is 38.5 Å². The van der Waals surface area contributed by atoms with E-state index in [4.69, 9.17) is 0 Å². The van der Waals surface area contributed by atoms with Gasteiger partial charge in [-0.2, -0.15) is 5.10 Å². The zero-order valence-electron chi connectivity index (χ0n) is 12.0. The van der Waals surface area contributed by atoms with Crippen LogP contribution in [0.5, 0.6) is 0 Å². The molecule has 1 unspecified atom stereocenters. The summed E-state index contributed by atoms with van der Waals surface area (Å²) in [5, 5.41) is 10.1. The van der Waals surface area contributed by atoms with Gasteiger partial charge in [-0.25, -0.2) is 4.79 Å². The second-order valence-corrected chi connectivity index (χ2v) is 5.74. The predicted molar refractivity (Wildman–Crippen MR) is 74.7 cm³/mol. The molecule has 19 heavy (non-hydrogen) atoms. The molecule has 5 nitrogen and oxygen atoms in total. The van der Waals surface area contributed by atoms with Crippen LogP contribution in [0.2, 0.25) is 0 Å². The number of carbonyl (C=O) groups is 1. The maximum atomic E-state index is 11.9. The minimum atomic E-state index is -0.0732. The van der Waals surface area contributed by atoms with Crippen molar-refractivity contribution >= 4 is 6.03 Å². The van der Waals surface area contributed by atoms with E-state index >= 15 is 0 Å². The standard InChI is InChI=1S/C14H24N4O/c1-10-4-6-13(7-5-10)17-14(19)16-11(2)12-8-15-18(3)9-12/h8-11,13H,4-7H2,1-3H3,(H2,16,17,19). The van der Waals surface area contributed by atoms with Crippen LogP contribution >= 0.6 is 0 Å². The largest absolute Gasteiger partial charge is 0.335 e. The minimum absolute atomic E-state index is 0.0174. The normalized spacial score (nSPS) is 24.8. The van der Waals surface area contributed by atoms with Crippen LogP contribution < -0.4 is 10.6 Å². The van der Waals surface area contributed by atoms with Crippen molar-refractivity contribution < 1.29 is 4.79 Å². The van der Waals surface area contributed by atoms with Gasteiger partial charge in [0.15, 0.2) is 0 Å². The Labute approximate surface area is 114 Å². The van der Waals surface area contributed by atoms with Crippen LogP contribution in [-0.2, 0) is 7.05 Å². The Balaban J connectivity index is 1.78. The van der Waals surface area contributed by atoms with Gasteiger partial charge >= 0.3 is 6.03 Å². The topological polar surface area (TPSA) is 59.0 Å². The quantitative estimate of drug-likeness (QED) is 0.880. The summed E-state index contributed by atoms with van der Waals surface area (Å²) in [6.07, 6.45) is 8.32. The van der Waals surface area contributed by atoms with Crippen molar-refractivity contribution in [3.05, 3.63) is 18.0 Å². The van der Waals surface area contributed by atoms with Gasteiger partial charge in [0, 0.05) is 24.8 Å². The average molecular weight is 264 g/mol. The highest BCUT2D eigenvalue weighted by atomic mass is 16.2. The van der Waals surface area contributed by atoms with E-state index in [2.05, 4.69) is 22.7 Å². The summed E-state index contributed by atoms with van der Waals surface area (Å²) < 4.78 is 1.74. The first-order valence-corrected chi connectivity index (χ1v) is 7.10. The van der Waals surface area contributed by atoms with E-state index in [1.165, 1.54) is 12.8 Å². The first-order valence-electron chi connectivity index (χ1n) is 7.10. The van der Waals surface area contributed by atoms with E-state index in [-0.39, 0.29) is 12.1 Å². The molecule has 0 spiro atoms. The van der Waals surface area contributed by atoms with Gasteiger partial charge in [0.05, 0.1) is 12.2 Å². The zero-order valence-corrected chi connectivity index (χ0v) is 12.0. The molecular formula is C14H24N4O. The fourth-order valence-corrected chi connectivity index (χ4v) is 2.58. The second kappa shape index (κ2) is 6.08. The molecule has 0 aliphatic heterocycles. The van der Waals surface area contributed by atoms with Gasteiger partial charge in [-0.15, -0.1) is 0 Å². The van der Waals surface area contributed by atoms with Gasteiger partial charge < -0.3 is 10.6 Å². The summed E-state index contributed by atoms with van der Waals surface area (Å²) in [5.41, 5.74) is 1.02. The highest BCUT2D eigenvalue weighted by Crippen LogP contribution is 2.23. The lowest BCUT2D eigenvalue weighted by Gasteiger charge is -2.27. The van der Waals surface area contributed by atoms with Crippen molar-refractivity contribution in [2.45, 2.75) is 51.6 Å². The Morgan fingerprint density at radius 3 is 2.68 bits per heavy atom. The van der Waals surface area contributed by atoms with Crippen molar-refractivity contribution in [3.63, 3.8) is 0 Å². The van der Waals surface area contributed by atoms with Crippen LogP contribution in [0.4, 0.5) is 4.79 Å². The van der Waals surface area contributed by atoms with Crippen LogP contribution in [0.25, 0.3) is 0 Å². The summed E-state index contributed by atoms with van der Waals surface area (Å²) in [6, 6.07) is 0.240. The Bertz CT molecular complexity index is 421. The molecule has 2 amide bonds. The van der Waals surface area contributed by atoms with Crippen LogP contribution in [-0.4, -0.2) is 21.9 Å². The molecule has 1 aromatic heterocycles. The molecule has 2 rings (SSSR count). The van der Waals surface area contributed by atoms with Gasteiger partial charge in [0.1, 0.15) is 0 Å². The van der Waals surface area contributed by atoms with Crippen LogP contribution in [0.1, 0.15) is 51.1 Å². The highest BCUT2D eigenvalue weighted by molar-refractivity contribution is 5.74. The summed E-state index contributed by atoms with van der Waals surface area (Å²) >= 11 is 0. The molecule has 5 heteroatoms. The number of rotatable bonds is 3. The molecule has 1 aliphatic carbocycles. The predicted octanol–water partition coefficient (Wildman–Crippen LogP) is 2.36. The molecule has 0 radical (unpaired) electrons. The molecule has 0 bridgehead atoms. The van der Waals surface area contributed by atoms with Gasteiger partial charge in [-0.3, -0.25) is 4.68 Å². The molecule has 1 heterocycles. The van der Waals surface area contributed by atoms with E-state index in [0.29, 0.717) is 6.04 Å². The Hall–Kier alpha value is -1.52. The summed E-state index contributed by atoms with van der Waals surface area (Å²) in [6.45, 7) is 4.25.